The van der Waals surface area contributed by atoms with Crippen LogP contribution in [0.2, 0.25) is 0 Å². The van der Waals surface area contributed by atoms with E-state index >= 15 is 0 Å². The second kappa shape index (κ2) is 7.75. The van der Waals surface area contributed by atoms with Crippen LogP contribution >= 0.6 is 0 Å². The molecule has 0 spiro atoms. The summed E-state index contributed by atoms with van der Waals surface area (Å²) in [7, 11) is 0. The summed E-state index contributed by atoms with van der Waals surface area (Å²) in [6.07, 6.45) is 0. The maximum Gasteiger partial charge on any atom is 0.335 e. The first-order valence-corrected chi connectivity index (χ1v) is 8.36. The van der Waals surface area contributed by atoms with Gasteiger partial charge in [0, 0.05) is 5.92 Å². The van der Waals surface area contributed by atoms with Gasteiger partial charge in [-0.1, -0.05) is 36.4 Å². The third-order valence-corrected chi connectivity index (χ3v) is 4.40. The van der Waals surface area contributed by atoms with Crippen molar-refractivity contribution >= 4 is 17.9 Å². The van der Waals surface area contributed by atoms with E-state index in [0.717, 1.165) is 0 Å². The molecule has 28 heavy (non-hydrogen) atoms. The van der Waals surface area contributed by atoms with Crippen LogP contribution in [0.3, 0.4) is 0 Å². The van der Waals surface area contributed by atoms with Gasteiger partial charge in [-0.05, 0) is 53.1 Å². The Kier molecular flexibility index (Phi) is 5.22. The molecule has 3 N–H and O–H groups in total. The van der Waals surface area contributed by atoms with Crippen molar-refractivity contribution in [2.24, 2.45) is 0 Å². The monoisotopic (exact) mass is 376 g/mol. The first-order chi connectivity index (χ1) is 13.4. The Morgan fingerprint density at radius 3 is 1.07 bits per heavy atom. The molecule has 6 nitrogen and oxygen atoms in total. The van der Waals surface area contributed by atoms with Gasteiger partial charge in [-0.15, -0.1) is 0 Å². The fourth-order valence-electron chi connectivity index (χ4n) is 3.13. The van der Waals surface area contributed by atoms with Gasteiger partial charge in [-0.3, -0.25) is 0 Å². The Balaban J connectivity index is 2.22. The average molecular weight is 376 g/mol. The summed E-state index contributed by atoms with van der Waals surface area (Å²) < 4.78 is 0. The number of aromatic carboxylic acids is 3. The minimum atomic E-state index is -1.08. The van der Waals surface area contributed by atoms with E-state index in [1.54, 1.807) is 36.4 Å². The van der Waals surface area contributed by atoms with Crippen LogP contribution in [-0.2, 0) is 0 Å². The van der Waals surface area contributed by atoms with Gasteiger partial charge in [0.1, 0.15) is 0 Å². The highest BCUT2D eigenvalue weighted by Crippen LogP contribution is 2.33. The van der Waals surface area contributed by atoms with E-state index in [1.807, 2.05) is 0 Å². The molecule has 3 rings (SSSR count). The zero-order valence-corrected chi connectivity index (χ0v) is 14.6. The van der Waals surface area contributed by atoms with E-state index in [-0.39, 0.29) is 16.7 Å². The van der Waals surface area contributed by atoms with E-state index in [1.165, 1.54) is 36.4 Å². The molecule has 0 saturated carbocycles. The maximum absolute atomic E-state index is 11.4. The molecular weight excluding hydrogens is 360 g/mol. The molecule has 0 saturated heterocycles. The topological polar surface area (TPSA) is 112 Å². The minimum Gasteiger partial charge on any atom is -0.478 e. The molecule has 3 aromatic carbocycles. The molecule has 0 aromatic heterocycles. The van der Waals surface area contributed by atoms with Crippen LogP contribution in [0.1, 0.15) is 53.7 Å². The summed E-state index contributed by atoms with van der Waals surface area (Å²) in [6, 6.07) is 18.9. The van der Waals surface area contributed by atoms with Crippen LogP contribution in [0, 0.1) is 0 Å². The Morgan fingerprint density at radius 1 is 0.536 bits per heavy atom. The zero-order chi connectivity index (χ0) is 20.3. The van der Waals surface area contributed by atoms with E-state index in [9.17, 15) is 29.7 Å². The van der Waals surface area contributed by atoms with Crippen molar-refractivity contribution in [3.63, 3.8) is 0 Å². The van der Waals surface area contributed by atoms with Crippen LogP contribution in [0.5, 0.6) is 0 Å². The molecule has 0 unspecified atom stereocenters. The lowest BCUT2D eigenvalue weighted by Crippen LogP contribution is -2.08. The Bertz CT molecular complexity index is 933. The quantitative estimate of drug-likeness (QED) is 0.562. The highest BCUT2D eigenvalue weighted by molar-refractivity contribution is 5.89. The minimum absolute atomic E-state index is 0.0891. The summed E-state index contributed by atoms with van der Waals surface area (Å²) in [6.45, 7) is 0. The van der Waals surface area contributed by atoms with Crippen molar-refractivity contribution in [2.45, 2.75) is 5.92 Å². The SMILES string of the molecule is O=C(O)c1cccc(C(c2cccc(C(=O)O)c2)c2cccc(C(=O)O)c2)c1. The Hall–Kier alpha value is -3.93. The van der Waals surface area contributed by atoms with Crippen LogP contribution < -0.4 is 0 Å². The number of carboxylic acid groups (broad SMARTS) is 3. The second-order valence-corrected chi connectivity index (χ2v) is 6.22. The number of carboxylic acids is 3. The lowest BCUT2D eigenvalue weighted by molar-refractivity contribution is 0.0686. The van der Waals surface area contributed by atoms with Crippen molar-refractivity contribution in [1.29, 1.82) is 0 Å². The molecule has 0 radical (unpaired) electrons. The van der Waals surface area contributed by atoms with Crippen molar-refractivity contribution in [1.82, 2.24) is 0 Å². The third-order valence-electron chi connectivity index (χ3n) is 4.40. The number of rotatable bonds is 6. The molecule has 140 valence electrons. The third kappa shape index (κ3) is 3.91. The maximum atomic E-state index is 11.4. The van der Waals surface area contributed by atoms with E-state index in [0.29, 0.717) is 16.7 Å². The van der Waals surface area contributed by atoms with Crippen molar-refractivity contribution in [3.8, 4) is 0 Å². The van der Waals surface area contributed by atoms with Gasteiger partial charge in [0.25, 0.3) is 0 Å². The summed E-state index contributed by atoms with van der Waals surface area (Å²) in [5.41, 5.74) is 2.11. The Labute approximate surface area is 160 Å². The summed E-state index contributed by atoms with van der Waals surface area (Å²) in [5, 5.41) is 27.9. The number of carbonyl (C=O) groups is 3. The lowest BCUT2D eigenvalue weighted by atomic mass is 9.83. The van der Waals surface area contributed by atoms with Gasteiger partial charge in [-0.25, -0.2) is 14.4 Å². The predicted molar refractivity (Wildman–Crippen MR) is 101 cm³/mol. The normalized spacial score (nSPS) is 10.6. The first-order valence-electron chi connectivity index (χ1n) is 8.36. The average Bonchev–Trinajstić information content (AvgIpc) is 2.69. The largest absolute Gasteiger partial charge is 0.478 e. The van der Waals surface area contributed by atoms with E-state index in [4.69, 9.17) is 0 Å². The molecule has 0 fully saturated rings. The second-order valence-electron chi connectivity index (χ2n) is 6.22. The van der Waals surface area contributed by atoms with Gasteiger partial charge >= 0.3 is 17.9 Å². The molecule has 0 atom stereocenters. The number of hydrogen-bond acceptors (Lipinski definition) is 3. The predicted octanol–water partition coefficient (Wildman–Crippen LogP) is 3.96. The van der Waals surface area contributed by atoms with Gasteiger partial charge in [0.2, 0.25) is 0 Å². The molecule has 3 aromatic rings. The zero-order valence-electron chi connectivity index (χ0n) is 14.6. The van der Waals surface area contributed by atoms with Gasteiger partial charge in [0.15, 0.2) is 0 Å². The molecule has 6 heteroatoms. The molecule has 0 aliphatic carbocycles. The standard InChI is InChI=1S/C22H16O6/c23-20(24)16-7-1-4-13(10-16)19(14-5-2-8-17(11-14)21(25)26)15-6-3-9-18(12-15)22(27)28/h1-12,19H,(H,23,24)(H,25,26)(H,27,28). The molecule has 0 aliphatic heterocycles. The molecule has 0 bridgehead atoms. The molecule has 0 heterocycles. The number of hydrogen-bond donors (Lipinski definition) is 3. The van der Waals surface area contributed by atoms with Crippen molar-refractivity contribution in [3.05, 3.63) is 106 Å². The van der Waals surface area contributed by atoms with Crippen LogP contribution in [0.4, 0.5) is 0 Å². The van der Waals surface area contributed by atoms with E-state index < -0.39 is 23.8 Å². The highest BCUT2D eigenvalue weighted by Gasteiger charge is 2.20. The molecular formula is C22H16O6. The lowest BCUT2D eigenvalue weighted by Gasteiger charge is -2.20. The first kappa shape index (κ1) is 18.8. The van der Waals surface area contributed by atoms with E-state index in [2.05, 4.69) is 0 Å². The smallest absolute Gasteiger partial charge is 0.335 e. The molecule has 0 amide bonds. The summed E-state index contributed by atoms with van der Waals surface area (Å²) in [4.78, 5) is 34.1. The molecule has 0 aliphatic rings. The highest BCUT2D eigenvalue weighted by atomic mass is 16.4. The van der Waals surface area contributed by atoms with Crippen LogP contribution in [0.15, 0.2) is 72.8 Å². The van der Waals surface area contributed by atoms with Crippen LogP contribution in [0.25, 0.3) is 0 Å². The fourth-order valence-corrected chi connectivity index (χ4v) is 3.13. The van der Waals surface area contributed by atoms with Crippen molar-refractivity contribution < 1.29 is 29.7 Å². The Morgan fingerprint density at radius 2 is 0.821 bits per heavy atom. The van der Waals surface area contributed by atoms with Gasteiger partial charge < -0.3 is 15.3 Å². The van der Waals surface area contributed by atoms with Gasteiger partial charge in [0.05, 0.1) is 16.7 Å². The van der Waals surface area contributed by atoms with Crippen molar-refractivity contribution in [2.75, 3.05) is 0 Å². The van der Waals surface area contributed by atoms with Gasteiger partial charge in [-0.2, -0.15) is 0 Å². The van der Waals surface area contributed by atoms with Crippen LogP contribution in [-0.4, -0.2) is 33.2 Å². The number of benzene rings is 3. The fraction of sp³-hybridized carbons (Fsp3) is 0.0455. The summed E-state index contributed by atoms with van der Waals surface area (Å²) in [5.74, 6) is -3.78. The summed E-state index contributed by atoms with van der Waals surface area (Å²) >= 11 is 0.